The second kappa shape index (κ2) is 5.71. The molecule has 2 aromatic rings. The third-order valence-corrected chi connectivity index (χ3v) is 2.86. The van der Waals surface area contributed by atoms with Crippen molar-refractivity contribution in [2.24, 2.45) is 0 Å². The Hall–Kier alpha value is -1.75. The lowest BCUT2D eigenvalue weighted by molar-refractivity contribution is 0.424. The SMILES string of the molecule is CC(C)(C)NCc1cnn(Cc2ccc(F)cc2F)c1. The summed E-state index contributed by atoms with van der Waals surface area (Å²) in [5.74, 6) is -1.11. The van der Waals surface area contributed by atoms with Crippen LogP contribution in [0.5, 0.6) is 0 Å². The van der Waals surface area contributed by atoms with Crippen molar-refractivity contribution in [2.75, 3.05) is 0 Å². The van der Waals surface area contributed by atoms with E-state index in [2.05, 4.69) is 31.2 Å². The number of hydrogen-bond acceptors (Lipinski definition) is 2. The zero-order valence-electron chi connectivity index (χ0n) is 12.0. The van der Waals surface area contributed by atoms with Crippen LogP contribution in [0.4, 0.5) is 8.78 Å². The zero-order chi connectivity index (χ0) is 14.8. The first-order valence-corrected chi connectivity index (χ1v) is 6.54. The van der Waals surface area contributed by atoms with Crippen molar-refractivity contribution >= 4 is 0 Å². The first kappa shape index (κ1) is 14.7. The molecule has 1 aromatic heterocycles. The highest BCUT2D eigenvalue weighted by Crippen LogP contribution is 2.11. The number of aromatic nitrogens is 2. The highest BCUT2D eigenvalue weighted by atomic mass is 19.1. The fourth-order valence-electron chi connectivity index (χ4n) is 1.78. The van der Waals surface area contributed by atoms with Crippen molar-refractivity contribution in [2.45, 2.75) is 39.4 Å². The van der Waals surface area contributed by atoms with E-state index in [0.29, 0.717) is 18.7 Å². The minimum atomic E-state index is -0.568. The first-order valence-electron chi connectivity index (χ1n) is 6.54. The highest BCUT2D eigenvalue weighted by molar-refractivity contribution is 5.19. The van der Waals surface area contributed by atoms with Gasteiger partial charge in [-0.15, -0.1) is 0 Å². The van der Waals surface area contributed by atoms with Crippen LogP contribution < -0.4 is 5.32 Å². The quantitative estimate of drug-likeness (QED) is 0.932. The predicted octanol–water partition coefficient (Wildman–Crippen LogP) is 3.10. The Labute approximate surface area is 117 Å². The molecule has 1 N–H and O–H groups in total. The van der Waals surface area contributed by atoms with Gasteiger partial charge >= 0.3 is 0 Å². The summed E-state index contributed by atoms with van der Waals surface area (Å²) in [4.78, 5) is 0. The Kier molecular flexibility index (Phi) is 4.18. The Morgan fingerprint density at radius 1 is 1.25 bits per heavy atom. The minimum Gasteiger partial charge on any atom is -0.308 e. The van der Waals surface area contributed by atoms with Crippen LogP contribution in [0.25, 0.3) is 0 Å². The Morgan fingerprint density at radius 3 is 2.65 bits per heavy atom. The minimum absolute atomic E-state index is 0.0329. The maximum Gasteiger partial charge on any atom is 0.131 e. The van der Waals surface area contributed by atoms with Crippen molar-refractivity contribution in [1.82, 2.24) is 15.1 Å². The van der Waals surface area contributed by atoms with Crippen LogP contribution in [0.3, 0.4) is 0 Å². The summed E-state index contributed by atoms with van der Waals surface area (Å²) in [6.45, 7) is 7.26. The molecule has 0 bridgehead atoms. The summed E-state index contributed by atoms with van der Waals surface area (Å²) in [5.41, 5.74) is 1.48. The van der Waals surface area contributed by atoms with Crippen LogP contribution in [0.2, 0.25) is 0 Å². The molecule has 2 rings (SSSR count). The normalized spacial score (nSPS) is 11.8. The van der Waals surface area contributed by atoms with Crippen molar-refractivity contribution < 1.29 is 8.78 Å². The molecule has 1 aromatic carbocycles. The van der Waals surface area contributed by atoms with Gasteiger partial charge in [0.25, 0.3) is 0 Å². The molecule has 0 aliphatic carbocycles. The number of hydrogen-bond donors (Lipinski definition) is 1. The number of nitrogens with one attached hydrogen (secondary N) is 1. The van der Waals surface area contributed by atoms with Crippen LogP contribution in [0.1, 0.15) is 31.9 Å². The van der Waals surface area contributed by atoms with E-state index in [4.69, 9.17) is 0 Å². The third-order valence-electron chi connectivity index (χ3n) is 2.86. The average Bonchev–Trinajstić information content (AvgIpc) is 2.77. The van der Waals surface area contributed by atoms with E-state index in [-0.39, 0.29) is 5.54 Å². The van der Waals surface area contributed by atoms with E-state index in [1.807, 2.05) is 6.20 Å². The first-order chi connectivity index (χ1) is 9.33. The lowest BCUT2D eigenvalue weighted by atomic mass is 10.1. The molecular weight excluding hydrogens is 260 g/mol. The second-order valence-corrected chi connectivity index (χ2v) is 5.89. The van der Waals surface area contributed by atoms with Crippen molar-refractivity contribution in [1.29, 1.82) is 0 Å². The fourth-order valence-corrected chi connectivity index (χ4v) is 1.78. The largest absolute Gasteiger partial charge is 0.308 e. The van der Waals surface area contributed by atoms with Gasteiger partial charge in [-0.3, -0.25) is 4.68 Å². The molecule has 0 aliphatic rings. The summed E-state index contributed by atoms with van der Waals surface area (Å²) < 4.78 is 28.0. The average molecular weight is 279 g/mol. The lowest BCUT2D eigenvalue weighted by Gasteiger charge is -2.19. The monoisotopic (exact) mass is 279 g/mol. The fraction of sp³-hybridized carbons (Fsp3) is 0.400. The lowest BCUT2D eigenvalue weighted by Crippen LogP contribution is -2.34. The maximum absolute atomic E-state index is 13.6. The molecule has 0 amide bonds. The smallest absolute Gasteiger partial charge is 0.131 e. The van der Waals surface area contributed by atoms with E-state index in [1.165, 1.54) is 12.1 Å². The van der Waals surface area contributed by atoms with Gasteiger partial charge in [-0.2, -0.15) is 5.10 Å². The molecule has 0 saturated heterocycles. The molecule has 0 fully saturated rings. The number of rotatable bonds is 4. The topological polar surface area (TPSA) is 29.9 Å². The number of benzene rings is 1. The van der Waals surface area contributed by atoms with Crippen molar-refractivity contribution in [3.8, 4) is 0 Å². The summed E-state index contributed by atoms with van der Waals surface area (Å²) in [6, 6.07) is 3.59. The Bertz CT molecular complexity index is 585. The highest BCUT2D eigenvalue weighted by Gasteiger charge is 2.10. The van der Waals surface area contributed by atoms with Gasteiger partial charge in [-0.25, -0.2) is 8.78 Å². The Balaban J connectivity index is 2.02. The second-order valence-electron chi connectivity index (χ2n) is 5.89. The predicted molar refractivity (Wildman–Crippen MR) is 74.3 cm³/mol. The van der Waals surface area contributed by atoms with E-state index < -0.39 is 11.6 Å². The summed E-state index contributed by atoms with van der Waals surface area (Å²) in [7, 11) is 0. The zero-order valence-corrected chi connectivity index (χ0v) is 12.0. The van der Waals surface area contributed by atoms with Crippen molar-refractivity contribution in [3.05, 3.63) is 53.4 Å². The number of halogens is 2. The van der Waals surface area contributed by atoms with Gasteiger partial charge in [0.1, 0.15) is 11.6 Å². The molecule has 108 valence electrons. The summed E-state index contributed by atoms with van der Waals surface area (Å²) in [6.07, 6.45) is 3.61. The molecule has 0 spiro atoms. The Morgan fingerprint density at radius 2 is 2.00 bits per heavy atom. The maximum atomic E-state index is 13.6. The van der Waals surface area contributed by atoms with Crippen LogP contribution in [-0.4, -0.2) is 15.3 Å². The summed E-state index contributed by atoms with van der Waals surface area (Å²) in [5, 5.41) is 7.55. The van der Waals surface area contributed by atoms with Gasteiger partial charge in [0, 0.05) is 35.5 Å². The van der Waals surface area contributed by atoms with Crippen LogP contribution in [-0.2, 0) is 13.1 Å². The van der Waals surface area contributed by atoms with E-state index >= 15 is 0 Å². The standard InChI is InChI=1S/C15H19F2N3/c1-15(2,3)18-7-11-8-19-20(9-11)10-12-4-5-13(16)6-14(12)17/h4-6,8-9,18H,7,10H2,1-3H3. The van der Waals surface area contributed by atoms with Gasteiger partial charge in [-0.1, -0.05) is 6.07 Å². The van der Waals surface area contributed by atoms with Crippen LogP contribution >= 0.6 is 0 Å². The molecule has 0 unspecified atom stereocenters. The third kappa shape index (κ3) is 4.13. The van der Waals surface area contributed by atoms with Gasteiger partial charge in [0.2, 0.25) is 0 Å². The van der Waals surface area contributed by atoms with Gasteiger partial charge < -0.3 is 5.32 Å². The molecule has 0 saturated carbocycles. The molecular formula is C15H19F2N3. The van der Waals surface area contributed by atoms with Gasteiger partial charge in [-0.05, 0) is 26.8 Å². The number of nitrogens with zero attached hydrogens (tertiary/aromatic N) is 2. The van der Waals surface area contributed by atoms with Gasteiger partial charge in [0.15, 0.2) is 0 Å². The molecule has 1 heterocycles. The van der Waals surface area contributed by atoms with Crippen LogP contribution in [0.15, 0.2) is 30.6 Å². The van der Waals surface area contributed by atoms with Gasteiger partial charge in [0.05, 0.1) is 12.7 Å². The molecule has 20 heavy (non-hydrogen) atoms. The molecule has 0 atom stereocenters. The molecule has 0 aliphatic heterocycles. The molecule has 5 heteroatoms. The molecule has 0 radical (unpaired) electrons. The van der Waals surface area contributed by atoms with E-state index in [0.717, 1.165) is 11.6 Å². The summed E-state index contributed by atoms with van der Waals surface area (Å²) >= 11 is 0. The van der Waals surface area contributed by atoms with E-state index in [1.54, 1.807) is 10.9 Å². The van der Waals surface area contributed by atoms with Crippen molar-refractivity contribution in [3.63, 3.8) is 0 Å². The van der Waals surface area contributed by atoms with E-state index in [9.17, 15) is 8.78 Å². The molecule has 3 nitrogen and oxygen atoms in total. The van der Waals surface area contributed by atoms with Crippen LogP contribution in [0, 0.1) is 11.6 Å².